The molecule has 3 nitrogen and oxygen atoms in total. The lowest BCUT2D eigenvalue weighted by Crippen LogP contribution is -2.08. The number of para-hydroxylation sites is 1. The van der Waals surface area contributed by atoms with Gasteiger partial charge < -0.3 is 4.74 Å². The number of nitrogens with zero attached hydrogens (tertiary/aromatic N) is 2. The minimum absolute atomic E-state index is 0.0724. The van der Waals surface area contributed by atoms with Crippen LogP contribution in [0.3, 0.4) is 0 Å². The Hall–Kier alpha value is -1.61. The lowest BCUT2D eigenvalue weighted by atomic mass is 10.1. The maximum absolute atomic E-state index is 5.81. The summed E-state index contributed by atoms with van der Waals surface area (Å²) >= 11 is 5.70. The second-order valence-electron chi connectivity index (χ2n) is 4.00. The largest absolute Gasteiger partial charge is 0.482 e. The zero-order valence-corrected chi connectivity index (χ0v) is 9.89. The monoisotopic (exact) mass is 246 g/mol. The van der Waals surface area contributed by atoms with Crippen molar-refractivity contribution in [2.45, 2.75) is 18.4 Å². The molecule has 1 unspecified atom stereocenters. The maximum Gasteiger partial charge on any atom is 0.169 e. The fourth-order valence-corrected chi connectivity index (χ4v) is 2.06. The van der Waals surface area contributed by atoms with Crippen LogP contribution in [0.15, 0.2) is 36.7 Å². The van der Waals surface area contributed by atoms with Crippen LogP contribution >= 0.6 is 11.6 Å². The predicted octanol–water partition coefficient (Wildman–Crippen LogP) is 2.89. The fourth-order valence-electron chi connectivity index (χ4n) is 1.93. The minimum Gasteiger partial charge on any atom is -0.482 e. The highest BCUT2D eigenvalue weighted by Gasteiger charge is 2.25. The van der Waals surface area contributed by atoms with E-state index in [9.17, 15) is 0 Å². The first kappa shape index (κ1) is 10.5. The maximum atomic E-state index is 5.81. The minimum atomic E-state index is -0.0724. The van der Waals surface area contributed by atoms with Crippen molar-refractivity contribution < 1.29 is 4.74 Å². The van der Waals surface area contributed by atoms with Crippen molar-refractivity contribution in [2.75, 3.05) is 0 Å². The van der Waals surface area contributed by atoms with Gasteiger partial charge in [0.25, 0.3) is 0 Å². The molecule has 4 heteroatoms. The summed E-state index contributed by atoms with van der Waals surface area (Å²) < 4.78 is 5.81. The molecule has 1 aliphatic rings. The number of alkyl halides is 1. The average Bonchev–Trinajstić information content (AvgIpc) is 2.82. The summed E-state index contributed by atoms with van der Waals surface area (Å²) in [6.45, 7) is 0. The summed E-state index contributed by atoms with van der Waals surface area (Å²) in [5, 5.41) is 0. The summed E-state index contributed by atoms with van der Waals surface area (Å²) in [6.07, 6.45) is 4.26. The van der Waals surface area contributed by atoms with E-state index in [0.717, 1.165) is 23.6 Å². The highest BCUT2D eigenvalue weighted by Crippen LogP contribution is 2.34. The van der Waals surface area contributed by atoms with Crippen LogP contribution < -0.4 is 4.74 Å². The Kier molecular flexibility index (Phi) is 2.69. The van der Waals surface area contributed by atoms with Crippen molar-refractivity contribution in [3.05, 3.63) is 53.6 Å². The molecule has 2 heterocycles. The molecular weight excluding hydrogens is 236 g/mol. The smallest absolute Gasteiger partial charge is 0.169 e. The number of hydrogen-bond acceptors (Lipinski definition) is 3. The van der Waals surface area contributed by atoms with Crippen molar-refractivity contribution in [3.63, 3.8) is 0 Å². The van der Waals surface area contributed by atoms with E-state index in [0.29, 0.717) is 5.88 Å². The molecule has 0 N–H and O–H groups in total. The summed E-state index contributed by atoms with van der Waals surface area (Å²) in [5.41, 5.74) is 2.13. The van der Waals surface area contributed by atoms with Gasteiger partial charge in [-0.1, -0.05) is 18.2 Å². The fraction of sp³-hybridized carbons (Fsp3) is 0.231. The Morgan fingerprint density at radius 2 is 2.00 bits per heavy atom. The Morgan fingerprint density at radius 3 is 2.71 bits per heavy atom. The molecule has 1 aromatic heterocycles. The van der Waals surface area contributed by atoms with Crippen LogP contribution in [0.4, 0.5) is 0 Å². The van der Waals surface area contributed by atoms with E-state index in [4.69, 9.17) is 16.3 Å². The number of rotatable bonds is 2. The van der Waals surface area contributed by atoms with Crippen LogP contribution in [-0.4, -0.2) is 9.97 Å². The van der Waals surface area contributed by atoms with Gasteiger partial charge in [0, 0.05) is 24.4 Å². The number of aromatic nitrogens is 2. The molecular formula is C13H11ClN2O. The lowest BCUT2D eigenvalue weighted by Gasteiger charge is -2.08. The van der Waals surface area contributed by atoms with E-state index in [1.54, 1.807) is 12.4 Å². The van der Waals surface area contributed by atoms with Gasteiger partial charge >= 0.3 is 0 Å². The third-order valence-electron chi connectivity index (χ3n) is 2.81. The Bertz CT molecular complexity index is 502. The van der Waals surface area contributed by atoms with E-state index in [1.165, 1.54) is 5.56 Å². The van der Waals surface area contributed by atoms with E-state index in [1.807, 2.05) is 18.2 Å². The highest BCUT2D eigenvalue weighted by atomic mass is 35.5. The van der Waals surface area contributed by atoms with Crippen LogP contribution in [-0.2, 0) is 12.3 Å². The lowest BCUT2D eigenvalue weighted by molar-refractivity contribution is 0.227. The molecule has 0 saturated carbocycles. The molecule has 1 atom stereocenters. The zero-order valence-electron chi connectivity index (χ0n) is 9.14. The van der Waals surface area contributed by atoms with Gasteiger partial charge in [0.1, 0.15) is 5.75 Å². The Labute approximate surface area is 104 Å². The van der Waals surface area contributed by atoms with Crippen molar-refractivity contribution in [3.8, 4) is 5.75 Å². The third-order valence-corrected chi connectivity index (χ3v) is 3.12. The topological polar surface area (TPSA) is 35.0 Å². The third kappa shape index (κ3) is 1.98. The molecule has 0 bridgehead atoms. The van der Waals surface area contributed by atoms with E-state index < -0.39 is 0 Å². The number of hydrogen-bond donors (Lipinski definition) is 0. The van der Waals surface area contributed by atoms with Crippen LogP contribution in [0.1, 0.15) is 23.1 Å². The number of halogens is 1. The van der Waals surface area contributed by atoms with Crippen LogP contribution in [0, 0.1) is 0 Å². The van der Waals surface area contributed by atoms with Gasteiger partial charge in [-0.3, -0.25) is 0 Å². The summed E-state index contributed by atoms with van der Waals surface area (Å²) in [7, 11) is 0. The Balaban J connectivity index is 1.83. The van der Waals surface area contributed by atoms with Crippen LogP contribution in [0.5, 0.6) is 5.75 Å². The van der Waals surface area contributed by atoms with Crippen LogP contribution in [0.25, 0.3) is 0 Å². The zero-order chi connectivity index (χ0) is 11.7. The van der Waals surface area contributed by atoms with Crippen molar-refractivity contribution in [1.29, 1.82) is 0 Å². The first-order valence-corrected chi connectivity index (χ1v) is 6.01. The molecule has 0 amide bonds. The molecule has 2 aromatic rings. The molecule has 1 aromatic carbocycles. The average molecular weight is 247 g/mol. The summed E-state index contributed by atoms with van der Waals surface area (Å²) in [6, 6.07) is 8.03. The molecule has 17 heavy (non-hydrogen) atoms. The predicted molar refractivity (Wildman–Crippen MR) is 65.1 cm³/mol. The standard InChI is InChI=1S/C13H11ClN2O/c14-6-9-7-15-13(16-8-9)12-5-10-3-1-2-4-11(10)17-12/h1-4,7-8,12H,5-6H2. The summed E-state index contributed by atoms with van der Waals surface area (Å²) in [4.78, 5) is 8.59. The second kappa shape index (κ2) is 4.34. The molecule has 0 radical (unpaired) electrons. The second-order valence-corrected chi connectivity index (χ2v) is 4.27. The quantitative estimate of drug-likeness (QED) is 0.765. The van der Waals surface area contributed by atoms with Gasteiger partial charge in [0.2, 0.25) is 0 Å². The molecule has 0 aliphatic carbocycles. The SMILES string of the molecule is ClCc1cnc(C2Cc3ccccc3O2)nc1. The van der Waals surface area contributed by atoms with E-state index in [-0.39, 0.29) is 6.10 Å². The van der Waals surface area contributed by atoms with Gasteiger partial charge in [-0.15, -0.1) is 11.6 Å². The van der Waals surface area contributed by atoms with E-state index in [2.05, 4.69) is 16.0 Å². The Morgan fingerprint density at radius 1 is 1.24 bits per heavy atom. The van der Waals surface area contributed by atoms with Gasteiger partial charge in [-0.2, -0.15) is 0 Å². The molecule has 0 saturated heterocycles. The van der Waals surface area contributed by atoms with Crippen molar-refractivity contribution in [2.24, 2.45) is 0 Å². The first-order valence-electron chi connectivity index (χ1n) is 5.48. The number of ether oxygens (including phenoxy) is 1. The van der Waals surface area contributed by atoms with Crippen LogP contribution in [0.2, 0.25) is 0 Å². The number of fused-ring (bicyclic) bond motifs is 1. The summed E-state index contributed by atoms with van der Waals surface area (Å²) in [5.74, 6) is 2.09. The number of benzene rings is 1. The molecule has 1 aliphatic heterocycles. The van der Waals surface area contributed by atoms with Gasteiger partial charge in [-0.25, -0.2) is 9.97 Å². The normalized spacial score (nSPS) is 17.6. The first-order chi connectivity index (χ1) is 8.36. The molecule has 0 spiro atoms. The highest BCUT2D eigenvalue weighted by molar-refractivity contribution is 6.17. The molecule has 0 fully saturated rings. The molecule has 86 valence electrons. The van der Waals surface area contributed by atoms with Gasteiger partial charge in [0.05, 0.1) is 5.88 Å². The van der Waals surface area contributed by atoms with Gasteiger partial charge in [-0.05, 0) is 11.6 Å². The molecule has 3 rings (SSSR count). The van der Waals surface area contributed by atoms with Gasteiger partial charge in [0.15, 0.2) is 11.9 Å². The van der Waals surface area contributed by atoms with Crippen molar-refractivity contribution >= 4 is 11.6 Å². The van der Waals surface area contributed by atoms with E-state index >= 15 is 0 Å². The van der Waals surface area contributed by atoms with Crippen molar-refractivity contribution in [1.82, 2.24) is 9.97 Å².